The Hall–Kier alpha value is -2.89. The number of fused-ring (bicyclic) bond motifs is 1. The minimum Gasteiger partial charge on any atom is -0.394 e. The number of aromatic nitrogens is 1. The number of aliphatic hydroxyl groups is 2. The molecular weight excluding hydrogens is 445 g/mol. The molecule has 0 unspecified atom stereocenters. The van der Waals surface area contributed by atoms with Crippen LogP contribution in [0.1, 0.15) is 5.56 Å². The molecule has 4 rings (SSSR count). The number of benzene rings is 2. The second-order valence-corrected chi connectivity index (χ2v) is 8.50. The Morgan fingerprint density at radius 3 is 2.59 bits per heavy atom. The first kappa shape index (κ1) is 22.3. The molecule has 0 aliphatic carbocycles. The largest absolute Gasteiger partial charge is 0.394 e. The lowest BCUT2D eigenvalue weighted by Crippen LogP contribution is -2.50. The van der Waals surface area contributed by atoms with Gasteiger partial charge in [0.15, 0.2) is 5.13 Å². The number of piperazine rings is 1. The number of nitrogens with one attached hydrogen (secondary N) is 1. The summed E-state index contributed by atoms with van der Waals surface area (Å²) in [6.45, 7) is 0.635. The molecule has 2 heterocycles. The average molecular weight is 466 g/mol. The molecule has 1 atom stereocenters. The van der Waals surface area contributed by atoms with Crippen molar-refractivity contribution in [3.8, 4) is 0 Å². The molecule has 3 aromatic rings. The average Bonchev–Trinajstić information content (AvgIpc) is 3.17. The number of amides is 2. The monoisotopic (exact) mass is 466 g/mol. The molecule has 0 bridgehead atoms. The highest BCUT2D eigenvalue weighted by atomic mass is 32.1. The molecule has 0 spiro atoms. The van der Waals surface area contributed by atoms with E-state index < -0.39 is 24.3 Å². The quantitative estimate of drug-likeness (QED) is 0.538. The minimum absolute atomic E-state index is 0.0125. The summed E-state index contributed by atoms with van der Waals surface area (Å²) in [7, 11) is 0. The van der Waals surface area contributed by atoms with Crippen LogP contribution in [0.3, 0.4) is 0 Å². The van der Waals surface area contributed by atoms with E-state index in [4.69, 9.17) is 5.11 Å². The Bertz CT molecular complexity index is 1130. The van der Waals surface area contributed by atoms with Crippen molar-refractivity contribution in [2.45, 2.75) is 12.5 Å². The minimum atomic E-state index is -1.16. The van der Waals surface area contributed by atoms with Crippen molar-refractivity contribution in [2.24, 2.45) is 0 Å². The van der Waals surface area contributed by atoms with Crippen molar-refractivity contribution >= 4 is 38.4 Å². The third-order valence-corrected chi connectivity index (χ3v) is 6.19. The number of carbonyl (C=O) groups is 1. The Labute approximate surface area is 185 Å². The predicted molar refractivity (Wildman–Crippen MR) is 116 cm³/mol. The Balaban J connectivity index is 1.38. The topological polar surface area (TPSA) is 88.9 Å². The highest BCUT2D eigenvalue weighted by molar-refractivity contribution is 7.22. The lowest BCUT2D eigenvalue weighted by atomic mass is 10.1. The molecule has 1 aliphatic heterocycles. The smallest absolute Gasteiger partial charge is 0.323 e. The van der Waals surface area contributed by atoms with E-state index in [0.717, 1.165) is 12.1 Å². The van der Waals surface area contributed by atoms with Gasteiger partial charge in [0.05, 0.1) is 28.6 Å². The second kappa shape index (κ2) is 9.31. The fraction of sp³-hybridized carbons (Fsp3) is 0.333. The molecule has 1 fully saturated rings. The number of hydrogen-bond acceptors (Lipinski definition) is 6. The first-order valence-corrected chi connectivity index (χ1v) is 10.8. The van der Waals surface area contributed by atoms with Crippen molar-refractivity contribution in [3.05, 3.63) is 53.3 Å². The molecule has 1 aromatic heterocycles. The van der Waals surface area contributed by atoms with Crippen LogP contribution in [0.2, 0.25) is 0 Å². The van der Waals surface area contributed by atoms with E-state index in [1.54, 1.807) is 15.9 Å². The van der Waals surface area contributed by atoms with Gasteiger partial charge in [-0.2, -0.15) is 0 Å². The van der Waals surface area contributed by atoms with E-state index >= 15 is 0 Å². The van der Waals surface area contributed by atoms with Gasteiger partial charge in [0.1, 0.15) is 17.5 Å². The van der Waals surface area contributed by atoms with Gasteiger partial charge in [-0.1, -0.05) is 11.3 Å². The van der Waals surface area contributed by atoms with Crippen LogP contribution < -0.4 is 10.2 Å². The molecule has 0 radical (unpaired) electrons. The summed E-state index contributed by atoms with van der Waals surface area (Å²) in [5, 5.41) is 21.4. The Morgan fingerprint density at radius 2 is 1.88 bits per heavy atom. The third-order valence-electron chi connectivity index (χ3n) is 5.25. The zero-order valence-corrected chi connectivity index (χ0v) is 17.7. The summed E-state index contributed by atoms with van der Waals surface area (Å²) in [6, 6.07) is 5.92. The van der Waals surface area contributed by atoms with Crippen LogP contribution in [0, 0.1) is 17.5 Å². The van der Waals surface area contributed by atoms with Gasteiger partial charge in [-0.15, -0.1) is 0 Å². The number of halogens is 3. The highest BCUT2D eigenvalue weighted by Crippen LogP contribution is 2.28. The second-order valence-electron chi connectivity index (χ2n) is 7.47. The molecule has 2 amide bonds. The first-order chi connectivity index (χ1) is 15.3. The van der Waals surface area contributed by atoms with E-state index in [9.17, 15) is 23.1 Å². The van der Waals surface area contributed by atoms with Gasteiger partial charge in [0, 0.05) is 38.7 Å². The molecule has 0 saturated carbocycles. The molecule has 11 heteroatoms. The maximum absolute atomic E-state index is 14.6. The third kappa shape index (κ3) is 4.79. The molecule has 2 aromatic carbocycles. The van der Waals surface area contributed by atoms with Gasteiger partial charge in [-0.25, -0.2) is 22.9 Å². The number of anilines is 2. The van der Waals surface area contributed by atoms with E-state index in [1.165, 1.54) is 23.5 Å². The van der Waals surface area contributed by atoms with Gasteiger partial charge in [-0.3, -0.25) is 5.32 Å². The van der Waals surface area contributed by atoms with Crippen molar-refractivity contribution in [3.63, 3.8) is 0 Å². The number of nitrogens with zero attached hydrogens (tertiary/aromatic N) is 3. The van der Waals surface area contributed by atoms with Crippen LogP contribution in [0.15, 0.2) is 30.3 Å². The lowest BCUT2D eigenvalue weighted by Gasteiger charge is -2.36. The fourth-order valence-electron chi connectivity index (χ4n) is 3.57. The van der Waals surface area contributed by atoms with Gasteiger partial charge in [0.2, 0.25) is 0 Å². The Kier molecular flexibility index (Phi) is 6.49. The number of thiazole rings is 1. The lowest BCUT2D eigenvalue weighted by molar-refractivity contribution is 0.0947. The summed E-state index contributed by atoms with van der Waals surface area (Å²) in [4.78, 5) is 20.0. The summed E-state index contributed by atoms with van der Waals surface area (Å²) >= 11 is 1.17. The summed E-state index contributed by atoms with van der Waals surface area (Å²) in [5.74, 6) is -1.68. The van der Waals surface area contributed by atoms with E-state index in [2.05, 4.69) is 10.3 Å². The molecular formula is C21H21F3N4O3S. The normalized spacial score (nSPS) is 15.3. The van der Waals surface area contributed by atoms with Gasteiger partial charge >= 0.3 is 6.03 Å². The van der Waals surface area contributed by atoms with Crippen LogP contribution in [-0.2, 0) is 6.42 Å². The molecule has 170 valence electrons. The Morgan fingerprint density at radius 1 is 1.12 bits per heavy atom. The SMILES string of the molecule is O=C(Nc1nc2ccc(F)cc2s1)N1CCN(c2cc(F)c(C[C@H](O)CO)cc2F)CC1. The van der Waals surface area contributed by atoms with Gasteiger partial charge in [-0.05, 0) is 29.8 Å². The summed E-state index contributed by atoms with van der Waals surface area (Å²) in [6.07, 6.45) is -1.35. The van der Waals surface area contributed by atoms with Crippen molar-refractivity contribution < 1.29 is 28.2 Å². The van der Waals surface area contributed by atoms with E-state index in [-0.39, 0.29) is 42.6 Å². The van der Waals surface area contributed by atoms with Crippen molar-refractivity contribution in [1.29, 1.82) is 0 Å². The predicted octanol–water partition coefficient (Wildman–Crippen LogP) is 2.96. The van der Waals surface area contributed by atoms with Gasteiger partial charge < -0.3 is 20.0 Å². The standard InChI is InChI=1S/C21H21F3N4O3S/c22-13-1-2-17-19(9-13)32-20(25-17)26-21(31)28-5-3-27(4-6-28)18-10-15(23)12(8-16(18)24)7-14(30)11-29/h1-2,8-10,14,29-30H,3-7,11H2,(H,25,26,31)/t14-/m0/s1. The number of aliphatic hydroxyl groups excluding tert-OH is 2. The van der Waals surface area contributed by atoms with Crippen molar-refractivity contribution in [1.82, 2.24) is 9.88 Å². The fourth-order valence-corrected chi connectivity index (χ4v) is 4.45. The number of rotatable bonds is 5. The van der Waals surface area contributed by atoms with E-state index in [0.29, 0.717) is 28.4 Å². The van der Waals surface area contributed by atoms with Crippen LogP contribution in [0.5, 0.6) is 0 Å². The van der Waals surface area contributed by atoms with Crippen LogP contribution in [-0.4, -0.2) is 65.0 Å². The van der Waals surface area contributed by atoms with Crippen LogP contribution in [0.4, 0.5) is 28.8 Å². The number of carbonyl (C=O) groups excluding carboxylic acids is 1. The van der Waals surface area contributed by atoms with Crippen LogP contribution >= 0.6 is 11.3 Å². The van der Waals surface area contributed by atoms with E-state index in [1.807, 2.05) is 0 Å². The maximum Gasteiger partial charge on any atom is 0.323 e. The van der Waals surface area contributed by atoms with Gasteiger partial charge in [0.25, 0.3) is 0 Å². The first-order valence-electron chi connectivity index (χ1n) is 9.98. The maximum atomic E-state index is 14.6. The number of hydrogen-bond donors (Lipinski definition) is 3. The molecule has 3 N–H and O–H groups in total. The summed E-state index contributed by atoms with van der Waals surface area (Å²) < 4.78 is 42.9. The zero-order chi connectivity index (χ0) is 22.8. The van der Waals surface area contributed by atoms with Crippen molar-refractivity contribution in [2.75, 3.05) is 43.0 Å². The molecule has 32 heavy (non-hydrogen) atoms. The van der Waals surface area contributed by atoms with Crippen LogP contribution in [0.25, 0.3) is 10.2 Å². The highest BCUT2D eigenvalue weighted by Gasteiger charge is 2.25. The zero-order valence-electron chi connectivity index (χ0n) is 16.9. The molecule has 7 nitrogen and oxygen atoms in total. The molecule has 1 aliphatic rings. The number of urea groups is 1. The molecule has 1 saturated heterocycles. The summed E-state index contributed by atoms with van der Waals surface area (Å²) in [5.41, 5.74) is 0.656.